The molecule has 0 radical (unpaired) electrons. The Morgan fingerprint density at radius 2 is 2.48 bits per heavy atom. The van der Waals surface area contributed by atoms with E-state index in [4.69, 9.17) is 15.2 Å². The normalized spacial score (nSPS) is 21.8. The second-order valence-corrected chi connectivity index (χ2v) is 6.06. The molecule has 7 heteroatoms. The van der Waals surface area contributed by atoms with E-state index in [0.717, 1.165) is 6.42 Å². The number of anilines is 1. The quantitative estimate of drug-likeness (QED) is 0.807. The summed E-state index contributed by atoms with van der Waals surface area (Å²) in [5.74, 6) is -0.241. The van der Waals surface area contributed by atoms with Gasteiger partial charge < -0.3 is 20.5 Å². The monoisotopic (exact) mass is 311 g/mol. The predicted molar refractivity (Wildman–Crippen MR) is 82.4 cm³/mol. The third kappa shape index (κ3) is 4.80. The van der Waals surface area contributed by atoms with Crippen LogP contribution in [0.15, 0.2) is 17.0 Å². The van der Waals surface area contributed by atoms with Gasteiger partial charge in [-0.3, -0.25) is 4.79 Å². The number of rotatable bonds is 5. The molecule has 3 N–H and O–H groups in total. The van der Waals surface area contributed by atoms with Crippen LogP contribution in [0.2, 0.25) is 0 Å². The van der Waals surface area contributed by atoms with E-state index in [9.17, 15) is 4.79 Å². The predicted octanol–water partition coefficient (Wildman–Crippen LogP) is 1.60. The second kappa shape index (κ2) is 7.53. The van der Waals surface area contributed by atoms with Gasteiger partial charge in [0.2, 0.25) is 0 Å². The van der Waals surface area contributed by atoms with Crippen molar-refractivity contribution >= 4 is 22.4 Å². The first-order valence-electron chi connectivity index (χ1n) is 6.91. The minimum absolute atomic E-state index is 0.0470. The maximum Gasteiger partial charge on any atom is 0.271 e. The van der Waals surface area contributed by atoms with Crippen molar-refractivity contribution in [2.24, 2.45) is 0 Å². The molecule has 2 rings (SSSR count). The van der Waals surface area contributed by atoms with Crippen LogP contribution in [0.3, 0.4) is 0 Å². The van der Waals surface area contributed by atoms with Crippen molar-refractivity contribution in [3.05, 3.63) is 22.7 Å². The van der Waals surface area contributed by atoms with Gasteiger partial charge in [0, 0.05) is 12.0 Å². The standard InChI is InChI=1S/C14H21N3O3S/c1-9(2)3-6-20-12-4-5-19-7-10(12)16-13(18)11-8-21-14(15)17-11/h3,8,10,12H,4-7H2,1-2H3,(H2,15,17)(H,16,18)/t10-,12+/m0/s1. The van der Waals surface area contributed by atoms with Crippen LogP contribution in [0.5, 0.6) is 0 Å². The topological polar surface area (TPSA) is 86.5 Å². The molecular formula is C14H21N3O3S. The fourth-order valence-corrected chi connectivity index (χ4v) is 2.57. The van der Waals surface area contributed by atoms with Crippen molar-refractivity contribution in [2.45, 2.75) is 32.4 Å². The highest BCUT2D eigenvalue weighted by Crippen LogP contribution is 2.15. The zero-order valence-electron chi connectivity index (χ0n) is 12.3. The molecule has 0 spiro atoms. The average Bonchev–Trinajstić information content (AvgIpc) is 2.87. The molecule has 1 amide bonds. The number of aromatic nitrogens is 1. The molecule has 1 fully saturated rings. The summed E-state index contributed by atoms with van der Waals surface area (Å²) in [6.45, 7) is 5.70. The summed E-state index contributed by atoms with van der Waals surface area (Å²) in [6.07, 6.45) is 2.74. The third-order valence-corrected chi connectivity index (χ3v) is 3.84. The first-order valence-corrected chi connectivity index (χ1v) is 7.79. The van der Waals surface area contributed by atoms with Gasteiger partial charge >= 0.3 is 0 Å². The second-order valence-electron chi connectivity index (χ2n) is 5.17. The molecule has 0 aliphatic carbocycles. The average molecular weight is 311 g/mol. The fraction of sp³-hybridized carbons (Fsp3) is 0.571. The number of thiazole rings is 1. The molecule has 1 aromatic rings. The van der Waals surface area contributed by atoms with Crippen molar-refractivity contribution in [1.29, 1.82) is 0 Å². The number of nitrogens with zero attached hydrogens (tertiary/aromatic N) is 1. The SMILES string of the molecule is CC(C)=CCO[C@@H]1CCOC[C@@H]1NC(=O)c1csc(N)n1. The van der Waals surface area contributed by atoms with Crippen LogP contribution in [0.1, 0.15) is 30.8 Å². The number of carbonyl (C=O) groups excluding carboxylic acids is 1. The highest BCUT2D eigenvalue weighted by atomic mass is 32.1. The molecule has 2 atom stereocenters. The van der Waals surface area contributed by atoms with Crippen LogP contribution in [-0.2, 0) is 9.47 Å². The molecule has 116 valence electrons. The maximum atomic E-state index is 12.1. The summed E-state index contributed by atoms with van der Waals surface area (Å²) in [5, 5.41) is 4.95. The minimum Gasteiger partial charge on any atom is -0.379 e. The van der Waals surface area contributed by atoms with Crippen LogP contribution in [0.4, 0.5) is 5.13 Å². The summed E-state index contributed by atoms with van der Waals surface area (Å²) >= 11 is 1.25. The lowest BCUT2D eigenvalue weighted by Crippen LogP contribution is -2.50. The van der Waals surface area contributed by atoms with E-state index in [1.54, 1.807) is 5.38 Å². The van der Waals surface area contributed by atoms with Crippen LogP contribution in [0.25, 0.3) is 0 Å². The van der Waals surface area contributed by atoms with Crippen molar-refractivity contribution < 1.29 is 14.3 Å². The zero-order chi connectivity index (χ0) is 15.2. The summed E-state index contributed by atoms with van der Waals surface area (Å²) in [4.78, 5) is 16.1. The molecule has 1 aromatic heterocycles. The Balaban J connectivity index is 1.92. The molecule has 1 saturated heterocycles. The van der Waals surface area contributed by atoms with Crippen LogP contribution in [-0.4, -0.2) is 42.9 Å². The van der Waals surface area contributed by atoms with E-state index < -0.39 is 0 Å². The van der Waals surface area contributed by atoms with E-state index in [1.165, 1.54) is 16.9 Å². The van der Waals surface area contributed by atoms with E-state index in [1.807, 2.05) is 19.9 Å². The lowest BCUT2D eigenvalue weighted by atomic mass is 10.1. The van der Waals surface area contributed by atoms with Gasteiger partial charge in [-0.05, 0) is 20.3 Å². The van der Waals surface area contributed by atoms with E-state index in [2.05, 4.69) is 10.3 Å². The highest BCUT2D eigenvalue weighted by Gasteiger charge is 2.28. The number of hydrogen-bond donors (Lipinski definition) is 2. The van der Waals surface area contributed by atoms with Crippen molar-refractivity contribution in [1.82, 2.24) is 10.3 Å². The number of nitrogen functional groups attached to an aromatic ring is 1. The molecule has 1 aliphatic rings. The van der Waals surface area contributed by atoms with E-state index in [-0.39, 0.29) is 18.1 Å². The minimum atomic E-state index is -0.241. The number of carbonyl (C=O) groups is 1. The van der Waals surface area contributed by atoms with Gasteiger partial charge in [-0.1, -0.05) is 11.6 Å². The number of hydrogen-bond acceptors (Lipinski definition) is 6. The van der Waals surface area contributed by atoms with E-state index in [0.29, 0.717) is 30.6 Å². The van der Waals surface area contributed by atoms with E-state index >= 15 is 0 Å². The number of amides is 1. The molecule has 6 nitrogen and oxygen atoms in total. The summed E-state index contributed by atoms with van der Waals surface area (Å²) in [5.41, 5.74) is 7.09. The van der Waals surface area contributed by atoms with Gasteiger partial charge in [-0.2, -0.15) is 0 Å². The van der Waals surface area contributed by atoms with Gasteiger partial charge in [-0.15, -0.1) is 11.3 Å². The van der Waals surface area contributed by atoms with Crippen molar-refractivity contribution in [2.75, 3.05) is 25.6 Å². The van der Waals surface area contributed by atoms with Crippen LogP contribution in [0, 0.1) is 0 Å². The first kappa shape index (κ1) is 15.9. The van der Waals surface area contributed by atoms with Crippen LogP contribution >= 0.6 is 11.3 Å². The largest absolute Gasteiger partial charge is 0.379 e. The van der Waals surface area contributed by atoms with Crippen molar-refractivity contribution in [3.63, 3.8) is 0 Å². The number of nitrogens with two attached hydrogens (primary N) is 1. The van der Waals surface area contributed by atoms with Gasteiger partial charge in [-0.25, -0.2) is 4.98 Å². The Bertz CT molecular complexity index is 511. The molecule has 0 aromatic carbocycles. The molecule has 0 unspecified atom stereocenters. The first-order chi connectivity index (χ1) is 10.1. The summed E-state index contributed by atoms with van der Waals surface area (Å²) < 4.78 is 11.3. The Labute approximate surface area is 128 Å². The molecule has 1 aliphatic heterocycles. The third-order valence-electron chi connectivity index (χ3n) is 3.17. The van der Waals surface area contributed by atoms with Crippen LogP contribution < -0.4 is 11.1 Å². The molecule has 0 saturated carbocycles. The Morgan fingerprint density at radius 3 is 3.14 bits per heavy atom. The lowest BCUT2D eigenvalue weighted by Gasteiger charge is -2.31. The molecular weight excluding hydrogens is 290 g/mol. The number of allylic oxidation sites excluding steroid dienone is 1. The number of nitrogens with one attached hydrogen (secondary N) is 1. The summed E-state index contributed by atoms with van der Waals surface area (Å²) in [6, 6.07) is -0.167. The van der Waals surface area contributed by atoms with Gasteiger partial charge in [0.05, 0.1) is 25.4 Å². The molecule has 2 heterocycles. The number of ether oxygens (including phenoxy) is 2. The Kier molecular flexibility index (Phi) is 5.72. The smallest absolute Gasteiger partial charge is 0.271 e. The molecule has 21 heavy (non-hydrogen) atoms. The maximum absolute atomic E-state index is 12.1. The van der Waals surface area contributed by atoms with Gasteiger partial charge in [0.25, 0.3) is 5.91 Å². The van der Waals surface area contributed by atoms with Gasteiger partial charge in [0.1, 0.15) is 5.69 Å². The Morgan fingerprint density at radius 1 is 1.67 bits per heavy atom. The molecule has 0 bridgehead atoms. The Hall–Kier alpha value is -1.44. The highest BCUT2D eigenvalue weighted by molar-refractivity contribution is 7.13. The fourth-order valence-electron chi connectivity index (χ4n) is 2.03. The summed E-state index contributed by atoms with van der Waals surface area (Å²) in [7, 11) is 0. The van der Waals surface area contributed by atoms with Gasteiger partial charge in [0.15, 0.2) is 5.13 Å². The van der Waals surface area contributed by atoms with Crippen molar-refractivity contribution in [3.8, 4) is 0 Å². The lowest BCUT2D eigenvalue weighted by molar-refractivity contribution is -0.0457. The zero-order valence-corrected chi connectivity index (χ0v) is 13.1.